The molecule has 1 aliphatic carbocycles. The Hall–Kier alpha value is -2.40. The molecule has 0 bridgehead atoms. The van der Waals surface area contributed by atoms with Crippen LogP contribution in [0.15, 0.2) is 42.6 Å². The number of rotatable bonds is 6. The zero-order chi connectivity index (χ0) is 18.6. The molecule has 6 heteroatoms. The first-order valence-corrected chi connectivity index (χ1v) is 9.25. The van der Waals surface area contributed by atoms with E-state index in [0.29, 0.717) is 22.9 Å². The monoisotopic (exact) mass is 371 g/mol. The summed E-state index contributed by atoms with van der Waals surface area (Å²) in [5.41, 5.74) is 0.897. The number of halogens is 1. The molecule has 1 aromatic carbocycles. The molecule has 3 rings (SSSR count). The van der Waals surface area contributed by atoms with Gasteiger partial charge in [0.25, 0.3) is 5.91 Å². The highest BCUT2D eigenvalue weighted by atomic mass is 35.5. The number of nitrogens with one attached hydrogen (secondary N) is 2. The highest BCUT2D eigenvalue weighted by Crippen LogP contribution is 2.43. The molecule has 2 N–H and O–H groups in total. The first kappa shape index (κ1) is 18.4. The second kappa shape index (κ2) is 7.87. The van der Waals surface area contributed by atoms with Crippen molar-refractivity contribution in [3.05, 3.63) is 58.7 Å². The Morgan fingerprint density at radius 1 is 1.23 bits per heavy atom. The predicted octanol–water partition coefficient (Wildman–Crippen LogP) is 3.94. The predicted molar refractivity (Wildman–Crippen MR) is 102 cm³/mol. The number of benzene rings is 1. The maximum atomic E-state index is 12.6. The first-order valence-electron chi connectivity index (χ1n) is 8.87. The lowest BCUT2D eigenvalue weighted by molar-refractivity contribution is -0.129. The van der Waals surface area contributed by atoms with Gasteiger partial charge in [0.15, 0.2) is 0 Å². The Labute approximate surface area is 158 Å². The van der Waals surface area contributed by atoms with Crippen molar-refractivity contribution in [1.29, 1.82) is 0 Å². The van der Waals surface area contributed by atoms with Crippen molar-refractivity contribution in [3.8, 4) is 0 Å². The molecule has 1 aliphatic rings. The number of amides is 2. The number of hydrogen-bond acceptors (Lipinski definition) is 3. The van der Waals surface area contributed by atoms with Crippen LogP contribution in [0.1, 0.15) is 48.5 Å². The summed E-state index contributed by atoms with van der Waals surface area (Å²) >= 11 is 5.92. The Morgan fingerprint density at radius 3 is 2.62 bits per heavy atom. The van der Waals surface area contributed by atoms with E-state index in [1.54, 1.807) is 36.5 Å². The summed E-state index contributed by atoms with van der Waals surface area (Å²) in [6.45, 7) is 2.72. The number of pyridine rings is 1. The number of nitrogens with zero attached hydrogens (tertiary/aromatic N) is 1. The average molecular weight is 372 g/mol. The number of carbonyl (C=O) groups is 2. The minimum Gasteiger partial charge on any atom is -0.355 e. The molecule has 1 heterocycles. The van der Waals surface area contributed by atoms with Crippen LogP contribution in [0.3, 0.4) is 0 Å². The number of carbonyl (C=O) groups excluding carboxylic acids is 2. The summed E-state index contributed by atoms with van der Waals surface area (Å²) in [7, 11) is 0. The zero-order valence-electron chi connectivity index (χ0n) is 14.7. The third-order valence-electron chi connectivity index (χ3n) is 4.82. The lowest BCUT2D eigenvalue weighted by Gasteiger charge is -2.40. The minimum atomic E-state index is -0.475. The van der Waals surface area contributed by atoms with Gasteiger partial charge in [0.1, 0.15) is 5.82 Å². The lowest BCUT2D eigenvalue weighted by Crippen LogP contribution is -2.49. The molecule has 1 aromatic heterocycles. The van der Waals surface area contributed by atoms with E-state index in [9.17, 15) is 9.59 Å². The van der Waals surface area contributed by atoms with Crippen LogP contribution >= 0.6 is 11.6 Å². The van der Waals surface area contributed by atoms with Gasteiger partial charge < -0.3 is 10.6 Å². The van der Waals surface area contributed by atoms with E-state index in [2.05, 4.69) is 15.6 Å². The SMILES string of the molecule is CCCNC(=O)C1(c2ccc(NC(=O)c3cccc(Cl)c3)nc2)CCC1. The molecule has 0 spiro atoms. The summed E-state index contributed by atoms with van der Waals surface area (Å²) in [6.07, 6.45) is 5.30. The first-order chi connectivity index (χ1) is 12.5. The van der Waals surface area contributed by atoms with Gasteiger partial charge in [-0.25, -0.2) is 4.98 Å². The molecule has 26 heavy (non-hydrogen) atoms. The molecule has 0 saturated heterocycles. The van der Waals surface area contributed by atoms with E-state index < -0.39 is 5.41 Å². The second-order valence-electron chi connectivity index (χ2n) is 6.59. The molecule has 5 nitrogen and oxygen atoms in total. The summed E-state index contributed by atoms with van der Waals surface area (Å²) in [4.78, 5) is 29.2. The third-order valence-corrected chi connectivity index (χ3v) is 5.06. The lowest BCUT2D eigenvalue weighted by atomic mass is 9.64. The molecule has 0 aliphatic heterocycles. The van der Waals surface area contributed by atoms with Crippen molar-refractivity contribution >= 4 is 29.2 Å². The quantitative estimate of drug-likeness (QED) is 0.808. The topological polar surface area (TPSA) is 71.1 Å². The molecule has 136 valence electrons. The summed E-state index contributed by atoms with van der Waals surface area (Å²) < 4.78 is 0. The van der Waals surface area contributed by atoms with E-state index in [-0.39, 0.29) is 11.8 Å². The smallest absolute Gasteiger partial charge is 0.256 e. The van der Waals surface area contributed by atoms with Crippen LogP contribution in [0.4, 0.5) is 5.82 Å². The fourth-order valence-electron chi connectivity index (χ4n) is 3.15. The van der Waals surface area contributed by atoms with Gasteiger partial charge in [-0.05, 0) is 49.1 Å². The van der Waals surface area contributed by atoms with Gasteiger partial charge in [-0.15, -0.1) is 0 Å². The molecular formula is C20H22ClN3O2. The van der Waals surface area contributed by atoms with Crippen LogP contribution in [-0.4, -0.2) is 23.3 Å². The Kier molecular flexibility index (Phi) is 5.57. The number of anilines is 1. The highest BCUT2D eigenvalue weighted by molar-refractivity contribution is 6.31. The molecule has 0 unspecified atom stereocenters. The van der Waals surface area contributed by atoms with Gasteiger partial charge in [-0.3, -0.25) is 9.59 Å². The Balaban J connectivity index is 1.72. The number of hydrogen-bond donors (Lipinski definition) is 2. The van der Waals surface area contributed by atoms with Crippen molar-refractivity contribution in [2.45, 2.75) is 38.0 Å². The second-order valence-corrected chi connectivity index (χ2v) is 7.02. The van der Waals surface area contributed by atoms with Crippen molar-refractivity contribution in [2.75, 3.05) is 11.9 Å². The van der Waals surface area contributed by atoms with Gasteiger partial charge in [-0.2, -0.15) is 0 Å². The van der Waals surface area contributed by atoms with Crippen LogP contribution < -0.4 is 10.6 Å². The maximum Gasteiger partial charge on any atom is 0.256 e. The summed E-state index contributed by atoms with van der Waals surface area (Å²) in [5.74, 6) is 0.247. The van der Waals surface area contributed by atoms with Gasteiger partial charge in [0.05, 0.1) is 5.41 Å². The van der Waals surface area contributed by atoms with E-state index in [0.717, 1.165) is 31.2 Å². The van der Waals surface area contributed by atoms with Gasteiger partial charge in [-0.1, -0.05) is 37.1 Å². The van der Waals surface area contributed by atoms with Crippen LogP contribution in [0.2, 0.25) is 5.02 Å². The number of aromatic nitrogens is 1. The van der Waals surface area contributed by atoms with E-state index >= 15 is 0 Å². The molecule has 1 saturated carbocycles. The summed E-state index contributed by atoms with van der Waals surface area (Å²) in [6, 6.07) is 10.4. The van der Waals surface area contributed by atoms with Gasteiger partial charge >= 0.3 is 0 Å². The Bertz CT molecular complexity index is 801. The molecule has 0 radical (unpaired) electrons. The normalized spacial score (nSPS) is 15.0. The van der Waals surface area contributed by atoms with E-state index in [1.165, 1.54) is 0 Å². The fraction of sp³-hybridized carbons (Fsp3) is 0.350. The van der Waals surface area contributed by atoms with Crippen LogP contribution in [0.25, 0.3) is 0 Å². The van der Waals surface area contributed by atoms with E-state index in [4.69, 9.17) is 11.6 Å². The largest absolute Gasteiger partial charge is 0.355 e. The molecule has 2 aromatic rings. The third kappa shape index (κ3) is 3.73. The molecule has 0 atom stereocenters. The molecule has 1 fully saturated rings. The van der Waals surface area contributed by atoms with Crippen LogP contribution in [0, 0.1) is 0 Å². The average Bonchev–Trinajstić information content (AvgIpc) is 2.60. The minimum absolute atomic E-state index is 0.0723. The van der Waals surface area contributed by atoms with Gasteiger partial charge in [0, 0.05) is 23.3 Å². The molecule has 2 amide bonds. The molecular weight excluding hydrogens is 350 g/mol. The van der Waals surface area contributed by atoms with Crippen molar-refractivity contribution < 1.29 is 9.59 Å². The Morgan fingerprint density at radius 2 is 2.04 bits per heavy atom. The standard InChI is InChI=1S/C20H22ClN3O2/c1-2-11-22-19(26)20(9-4-10-20)15-7-8-17(23-13-15)24-18(25)14-5-3-6-16(21)12-14/h3,5-8,12-13H,2,4,9-11H2,1H3,(H,22,26)(H,23,24,25). The van der Waals surface area contributed by atoms with E-state index in [1.807, 2.05) is 13.0 Å². The van der Waals surface area contributed by atoms with Crippen molar-refractivity contribution in [2.24, 2.45) is 0 Å². The highest BCUT2D eigenvalue weighted by Gasteiger charge is 2.45. The van der Waals surface area contributed by atoms with Crippen LogP contribution in [0.5, 0.6) is 0 Å². The van der Waals surface area contributed by atoms with Gasteiger partial charge in [0.2, 0.25) is 5.91 Å². The summed E-state index contributed by atoms with van der Waals surface area (Å²) in [5, 5.41) is 6.26. The van der Waals surface area contributed by atoms with Crippen molar-refractivity contribution in [1.82, 2.24) is 10.3 Å². The zero-order valence-corrected chi connectivity index (χ0v) is 15.5. The van der Waals surface area contributed by atoms with Crippen molar-refractivity contribution in [3.63, 3.8) is 0 Å². The van der Waals surface area contributed by atoms with Crippen LogP contribution in [-0.2, 0) is 10.2 Å². The fourth-order valence-corrected chi connectivity index (χ4v) is 3.34. The maximum absolute atomic E-state index is 12.6.